The minimum absolute atomic E-state index is 0.0955. The number of carbonyl (C=O) groups is 1. The van der Waals surface area contributed by atoms with E-state index in [1.165, 1.54) is 148 Å². The smallest absolute Gasteiger partial charge is 0.457 e. The van der Waals surface area contributed by atoms with Gasteiger partial charge in [-0.3, -0.25) is 13.8 Å². The lowest BCUT2D eigenvalue weighted by Gasteiger charge is -2.20. The SMILES string of the molecule is CC/C=C\C/C=C\C/C=C\C/C=C\CCCCCCCCCCCCCOCC(COP(=O)(O)OCCN)OC(=O)CCCCCCCCCCCCCCCCCC. The summed E-state index contributed by atoms with van der Waals surface area (Å²) in [5, 5.41) is 0. The number of ether oxygens (including phenoxy) is 2. The fourth-order valence-corrected chi connectivity index (χ4v) is 7.70. The summed E-state index contributed by atoms with van der Waals surface area (Å²) in [4.78, 5) is 22.6. The van der Waals surface area contributed by atoms with Crippen LogP contribution in [0.2, 0.25) is 0 Å². The Kier molecular flexibility index (Phi) is 46.3. The molecule has 2 atom stereocenters. The Labute approximate surface area is 364 Å². The number of phosphoric acid groups is 1. The van der Waals surface area contributed by atoms with E-state index in [2.05, 4.69) is 62.5 Å². The summed E-state index contributed by atoms with van der Waals surface area (Å²) in [5.74, 6) is -0.329. The highest BCUT2D eigenvalue weighted by Crippen LogP contribution is 2.43. The number of carbonyl (C=O) groups excluding carboxylic acids is 1. The van der Waals surface area contributed by atoms with E-state index in [1.807, 2.05) is 0 Å². The highest BCUT2D eigenvalue weighted by atomic mass is 31.2. The van der Waals surface area contributed by atoms with Crippen molar-refractivity contribution in [1.29, 1.82) is 0 Å². The largest absolute Gasteiger partial charge is 0.472 e. The molecule has 0 saturated heterocycles. The third-order valence-electron chi connectivity index (χ3n) is 10.5. The number of hydrogen-bond acceptors (Lipinski definition) is 7. The van der Waals surface area contributed by atoms with E-state index in [4.69, 9.17) is 24.3 Å². The van der Waals surface area contributed by atoms with Crippen LogP contribution >= 0.6 is 7.82 Å². The van der Waals surface area contributed by atoms with E-state index in [0.717, 1.165) is 57.8 Å². The summed E-state index contributed by atoms with van der Waals surface area (Å²) in [6, 6.07) is 0. The lowest BCUT2D eigenvalue weighted by atomic mass is 10.0. The van der Waals surface area contributed by atoms with Gasteiger partial charge in [0.1, 0.15) is 6.10 Å². The number of rotatable bonds is 47. The monoisotopic (exact) mass is 852 g/mol. The van der Waals surface area contributed by atoms with Crippen molar-refractivity contribution >= 4 is 13.8 Å². The van der Waals surface area contributed by atoms with Crippen molar-refractivity contribution in [3.05, 3.63) is 48.6 Å². The predicted molar refractivity (Wildman–Crippen MR) is 252 cm³/mol. The number of unbranched alkanes of at least 4 members (excludes halogenated alkanes) is 26. The molecule has 0 radical (unpaired) electrons. The molecule has 0 amide bonds. The van der Waals surface area contributed by atoms with Crippen LogP contribution in [0.5, 0.6) is 0 Å². The second-order valence-electron chi connectivity index (χ2n) is 16.3. The zero-order valence-electron chi connectivity index (χ0n) is 38.5. The Bertz CT molecular complexity index is 1050. The maximum atomic E-state index is 12.6. The maximum absolute atomic E-state index is 12.6. The average Bonchev–Trinajstić information content (AvgIpc) is 3.23. The molecular weight excluding hydrogens is 758 g/mol. The normalized spacial score (nSPS) is 13.8. The Hall–Kier alpha value is -1.54. The zero-order chi connectivity index (χ0) is 43.0. The summed E-state index contributed by atoms with van der Waals surface area (Å²) in [5.41, 5.74) is 5.38. The Morgan fingerprint density at radius 1 is 0.525 bits per heavy atom. The molecule has 0 saturated carbocycles. The standard InChI is InChI=1S/C50H94NO7P/c1-3-5-7-9-11-13-15-17-19-21-22-23-24-25-26-27-28-30-32-34-36-38-40-42-45-55-47-49(48-57-59(53,54)56-46-44-51)58-50(52)43-41-39-37-35-33-31-29-20-18-16-14-12-10-8-6-4-2/h5,7,11,13,17,19,22-23,49H,3-4,6,8-10,12,14-16,18,20-21,24-48,51H2,1-2H3,(H,53,54)/b7-5-,13-11-,19-17-,23-22-. The topological polar surface area (TPSA) is 117 Å². The van der Waals surface area contributed by atoms with Crippen LogP contribution in [0.15, 0.2) is 48.6 Å². The summed E-state index contributed by atoms with van der Waals surface area (Å²) in [7, 11) is -4.28. The Morgan fingerprint density at radius 3 is 1.42 bits per heavy atom. The lowest BCUT2D eigenvalue weighted by Crippen LogP contribution is -2.28. The van der Waals surface area contributed by atoms with E-state index in [-0.39, 0.29) is 32.3 Å². The van der Waals surface area contributed by atoms with Gasteiger partial charge in [-0.15, -0.1) is 0 Å². The molecule has 0 fully saturated rings. The van der Waals surface area contributed by atoms with E-state index in [0.29, 0.717) is 13.0 Å². The molecule has 8 nitrogen and oxygen atoms in total. The second-order valence-corrected chi connectivity index (χ2v) is 17.8. The highest BCUT2D eigenvalue weighted by Gasteiger charge is 2.25. The van der Waals surface area contributed by atoms with Crippen molar-refractivity contribution in [2.24, 2.45) is 5.73 Å². The van der Waals surface area contributed by atoms with E-state index < -0.39 is 13.9 Å². The second kappa shape index (κ2) is 47.5. The minimum atomic E-state index is -4.28. The van der Waals surface area contributed by atoms with Gasteiger partial charge in [0.25, 0.3) is 0 Å². The molecule has 0 aromatic rings. The summed E-state index contributed by atoms with van der Waals surface area (Å²) >= 11 is 0. The van der Waals surface area contributed by atoms with Gasteiger partial charge in [-0.25, -0.2) is 4.57 Å². The molecule has 3 N–H and O–H groups in total. The molecule has 0 bridgehead atoms. The first-order chi connectivity index (χ1) is 28.9. The van der Waals surface area contributed by atoms with Crippen molar-refractivity contribution < 1.29 is 32.8 Å². The van der Waals surface area contributed by atoms with Gasteiger partial charge in [-0.2, -0.15) is 0 Å². The van der Waals surface area contributed by atoms with Gasteiger partial charge < -0.3 is 20.1 Å². The number of esters is 1. The molecule has 0 aromatic heterocycles. The first kappa shape index (κ1) is 57.5. The van der Waals surface area contributed by atoms with Gasteiger partial charge >= 0.3 is 13.8 Å². The van der Waals surface area contributed by atoms with Crippen molar-refractivity contribution in [3.8, 4) is 0 Å². The molecule has 0 aliphatic heterocycles. The van der Waals surface area contributed by atoms with Crippen molar-refractivity contribution in [3.63, 3.8) is 0 Å². The molecule has 0 aliphatic carbocycles. The number of phosphoric ester groups is 1. The number of nitrogens with two attached hydrogens (primary N) is 1. The molecule has 0 rings (SSSR count). The molecule has 0 aliphatic rings. The lowest BCUT2D eigenvalue weighted by molar-refractivity contribution is -0.154. The zero-order valence-corrected chi connectivity index (χ0v) is 39.4. The van der Waals surface area contributed by atoms with E-state index in [1.54, 1.807) is 0 Å². The molecule has 0 spiro atoms. The van der Waals surface area contributed by atoms with Crippen LogP contribution in [0, 0.1) is 0 Å². The fourth-order valence-electron chi connectivity index (χ4n) is 6.93. The first-order valence-electron chi connectivity index (χ1n) is 24.6. The van der Waals surface area contributed by atoms with Gasteiger partial charge in [0.2, 0.25) is 0 Å². The number of allylic oxidation sites excluding steroid dienone is 8. The predicted octanol–water partition coefficient (Wildman–Crippen LogP) is 15.1. The highest BCUT2D eigenvalue weighted by molar-refractivity contribution is 7.47. The van der Waals surface area contributed by atoms with Gasteiger partial charge in [0.15, 0.2) is 0 Å². The van der Waals surface area contributed by atoms with Gasteiger partial charge in [-0.1, -0.05) is 217 Å². The molecular formula is C50H94NO7P. The quantitative estimate of drug-likeness (QED) is 0.0269. The van der Waals surface area contributed by atoms with Crippen LogP contribution in [-0.4, -0.2) is 49.9 Å². The Balaban J connectivity index is 3.93. The van der Waals surface area contributed by atoms with E-state index in [9.17, 15) is 14.3 Å². The maximum Gasteiger partial charge on any atom is 0.472 e. The van der Waals surface area contributed by atoms with Crippen LogP contribution in [0.3, 0.4) is 0 Å². The van der Waals surface area contributed by atoms with Crippen LogP contribution in [0.25, 0.3) is 0 Å². The molecule has 9 heteroatoms. The van der Waals surface area contributed by atoms with Crippen LogP contribution < -0.4 is 5.73 Å². The summed E-state index contributed by atoms with van der Waals surface area (Å²) in [6.45, 7) is 4.84. The van der Waals surface area contributed by atoms with Crippen LogP contribution in [0.1, 0.15) is 226 Å². The Morgan fingerprint density at radius 2 is 0.949 bits per heavy atom. The third-order valence-corrected chi connectivity index (χ3v) is 11.5. The molecule has 2 unspecified atom stereocenters. The van der Waals surface area contributed by atoms with Crippen LogP contribution in [0.4, 0.5) is 0 Å². The van der Waals surface area contributed by atoms with Crippen molar-refractivity contribution in [2.45, 2.75) is 232 Å². The fraction of sp³-hybridized carbons (Fsp3) is 0.820. The average molecular weight is 852 g/mol. The van der Waals surface area contributed by atoms with E-state index >= 15 is 0 Å². The number of hydrogen-bond donors (Lipinski definition) is 2. The van der Waals surface area contributed by atoms with Gasteiger partial charge in [0, 0.05) is 19.6 Å². The molecule has 0 aromatic carbocycles. The summed E-state index contributed by atoms with van der Waals surface area (Å²) in [6.07, 6.45) is 57.1. The van der Waals surface area contributed by atoms with Gasteiger partial charge in [-0.05, 0) is 51.4 Å². The minimum Gasteiger partial charge on any atom is -0.457 e. The van der Waals surface area contributed by atoms with Crippen LogP contribution in [-0.2, 0) is 27.9 Å². The third kappa shape index (κ3) is 47.4. The van der Waals surface area contributed by atoms with Gasteiger partial charge in [0.05, 0.1) is 19.8 Å². The molecule has 346 valence electrons. The first-order valence-corrected chi connectivity index (χ1v) is 26.1. The molecule has 59 heavy (non-hydrogen) atoms. The van der Waals surface area contributed by atoms with Crippen molar-refractivity contribution in [1.82, 2.24) is 0 Å². The molecule has 0 heterocycles. The van der Waals surface area contributed by atoms with Crippen molar-refractivity contribution in [2.75, 3.05) is 33.0 Å². The summed E-state index contributed by atoms with van der Waals surface area (Å²) < 4.78 is 33.6.